The van der Waals surface area contributed by atoms with Crippen LogP contribution in [0.15, 0.2) is 30.9 Å². The van der Waals surface area contributed by atoms with Gasteiger partial charge in [0.2, 0.25) is 0 Å². The largest absolute Gasteiger partial charge is 0.451 e. The quantitative estimate of drug-likeness (QED) is 0.841. The topological polar surface area (TPSA) is 99.0 Å². The first-order valence-corrected chi connectivity index (χ1v) is 7.50. The van der Waals surface area contributed by atoms with Crippen molar-refractivity contribution in [2.45, 2.75) is 31.7 Å². The number of carbonyl (C=O) groups is 2. The summed E-state index contributed by atoms with van der Waals surface area (Å²) in [5, 5.41) is 6.99. The van der Waals surface area contributed by atoms with Gasteiger partial charge in [0.15, 0.2) is 12.3 Å². The van der Waals surface area contributed by atoms with E-state index in [4.69, 9.17) is 4.74 Å². The van der Waals surface area contributed by atoms with Crippen LogP contribution in [-0.4, -0.2) is 38.2 Å². The van der Waals surface area contributed by atoms with Gasteiger partial charge in [0.25, 0.3) is 5.91 Å². The average Bonchev–Trinajstić information content (AvgIpc) is 3.24. The minimum Gasteiger partial charge on any atom is -0.451 e. The molecule has 2 aromatic rings. The molecule has 23 heavy (non-hydrogen) atoms. The van der Waals surface area contributed by atoms with Gasteiger partial charge >= 0.3 is 5.97 Å². The van der Waals surface area contributed by atoms with Crippen LogP contribution in [0.3, 0.4) is 0 Å². The zero-order valence-electron chi connectivity index (χ0n) is 12.5. The molecule has 8 nitrogen and oxygen atoms in total. The van der Waals surface area contributed by atoms with E-state index in [0.717, 1.165) is 12.8 Å². The summed E-state index contributed by atoms with van der Waals surface area (Å²) < 4.78 is 6.75. The van der Waals surface area contributed by atoms with Gasteiger partial charge in [-0.15, -0.1) is 0 Å². The van der Waals surface area contributed by atoms with Crippen LogP contribution in [0.2, 0.25) is 0 Å². The number of carbonyl (C=O) groups excluding carboxylic acids is 2. The highest BCUT2D eigenvalue weighted by molar-refractivity contribution is 5.94. The summed E-state index contributed by atoms with van der Waals surface area (Å²) in [5.41, 5.74) is 0.0660. The van der Waals surface area contributed by atoms with Crippen molar-refractivity contribution in [2.24, 2.45) is 0 Å². The van der Waals surface area contributed by atoms with Crippen LogP contribution in [0.25, 0.3) is 0 Å². The summed E-state index contributed by atoms with van der Waals surface area (Å²) >= 11 is 0. The number of hydrogen-bond acceptors (Lipinski definition) is 6. The summed E-state index contributed by atoms with van der Waals surface area (Å²) in [6, 6.07) is 2.06. The van der Waals surface area contributed by atoms with E-state index in [1.807, 2.05) is 4.68 Å². The van der Waals surface area contributed by atoms with Gasteiger partial charge in [-0.3, -0.25) is 9.78 Å². The van der Waals surface area contributed by atoms with Crippen LogP contribution in [0.5, 0.6) is 0 Å². The third-order valence-corrected chi connectivity index (χ3v) is 3.72. The number of amides is 1. The first-order valence-electron chi connectivity index (χ1n) is 7.50. The molecule has 2 heterocycles. The third kappa shape index (κ3) is 3.71. The van der Waals surface area contributed by atoms with Crippen LogP contribution >= 0.6 is 0 Å². The Hall–Kier alpha value is -2.77. The lowest BCUT2D eigenvalue weighted by atomic mass is 10.2. The maximum absolute atomic E-state index is 11.9. The fourth-order valence-electron chi connectivity index (χ4n) is 2.64. The Kier molecular flexibility index (Phi) is 4.60. The second kappa shape index (κ2) is 6.99. The molecular formula is C15H17N5O3. The fourth-order valence-corrected chi connectivity index (χ4v) is 2.64. The number of nitrogens with zero attached hydrogens (tertiary/aromatic N) is 4. The van der Waals surface area contributed by atoms with Gasteiger partial charge in [-0.05, 0) is 12.8 Å². The predicted molar refractivity (Wildman–Crippen MR) is 80.7 cm³/mol. The molecule has 0 radical (unpaired) electrons. The van der Waals surface area contributed by atoms with E-state index in [-0.39, 0.29) is 12.3 Å². The van der Waals surface area contributed by atoms with Gasteiger partial charge in [-0.2, -0.15) is 5.10 Å². The van der Waals surface area contributed by atoms with Crippen LogP contribution < -0.4 is 5.32 Å². The van der Waals surface area contributed by atoms with Crippen LogP contribution in [-0.2, 0) is 9.53 Å². The first kappa shape index (κ1) is 15.1. The Morgan fingerprint density at radius 2 is 2.09 bits per heavy atom. The van der Waals surface area contributed by atoms with Gasteiger partial charge in [-0.25, -0.2) is 14.5 Å². The Morgan fingerprint density at radius 3 is 2.83 bits per heavy atom. The monoisotopic (exact) mass is 315 g/mol. The number of aromatic nitrogens is 4. The lowest BCUT2D eigenvalue weighted by Gasteiger charge is -2.14. The summed E-state index contributed by atoms with van der Waals surface area (Å²) in [4.78, 5) is 31.2. The Morgan fingerprint density at radius 1 is 1.26 bits per heavy atom. The zero-order valence-corrected chi connectivity index (χ0v) is 12.5. The highest BCUT2D eigenvalue weighted by atomic mass is 16.5. The molecule has 3 rings (SSSR count). The summed E-state index contributed by atoms with van der Waals surface area (Å²) in [5.74, 6) is -0.475. The van der Waals surface area contributed by atoms with Crippen molar-refractivity contribution in [3.05, 3.63) is 36.5 Å². The maximum Gasteiger partial charge on any atom is 0.359 e. The number of esters is 1. The maximum atomic E-state index is 11.9. The Bertz CT molecular complexity index is 679. The third-order valence-electron chi connectivity index (χ3n) is 3.72. The molecule has 1 aliphatic rings. The normalized spacial score (nSPS) is 14.6. The van der Waals surface area contributed by atoms with Gasteiger partial charge in [0, 0.05) is 18.5 Å². The molecule has 1 aliphatic carbocycles. The van der Waals surface area contributed by atoms with Crippen molar-refractivity contribution in [3.63, 3.8) is 0 Å². The lowest BCUT2D eigenvalue weighted by molar-refractivity contribution is -0.119. The number of ether oxygens (including phenoxy) is 1. The highest BCUT2D eigenvalue weighted by Gasteiger charge is 2.20. The van der Waals surface area contributed by atoms with E-state index < -0.39 is 11.9 Å². The minimum absolute atomic E-state index is 0.0660. The van der Waals surface area contributed by atoms with E-state index >= 15 is 0 Å². The van der Waals surface area contributed by atoms with E-state index in [2.05, 4.69) is 20.4 Å². The van der Waals surface area contributed by atoms with Crippen LogP contribution in [0, 0.1) is 0 Å². The summed E-state index contributed by atoms with van der Waals surface area (Å²) in [6.07, 6.45) is 10.2. The number of rotatable bonds is 5. The van der Waals surface area contributed by atoms with E-state index in [0.29, 0.717) is 11.9 Å². The minimum atomic E-state index is -0.683. The molecule has 0 unspecified atom stereocenters. The predicted octanol–water partition coefficient (Wildman–Crippen LogP) is 1.58. The first-order chi connectivity index (χ1) is 11.2. The molecule has 0 bridgehead atoms. The van der Waals surface area contributed by atoms with Crippen molar-refractivity contribution in [2.75, 3.05) is 11.9 Å². The molecular weight excluding hydrogens is 298 g/mol. The fraction of sp³-hybridized carbons (Fsp3) is 0.400. The molecule has 0 aliphatic heterocycles. The molecule has 0 spiro atoms. The van der Waals surface area contributed by atoms with Crippen molar-refractivity contribution >= 4 is 17.7 Å². The van der Waals surface area contributed by atoms with Gasteiger partial charge in [0.05, 0.1) is 18.4 Å². The van der Waals surface area contributed by atoms with Gasteiger partial charge in [-0.1, -0.05) is 12.8 Å². The number of hydrogen-bond donors (Lipinski definition) is 1. The number of nitrogens with one attached hydrogen (secondary N) is 1. The van der Waals surface area contributed by atoms with Crippen LogP contribution in [0.4, 0.5) is 5.82 Å². The zero-order chi connectivity index (χ0) is 16.1. The van der Waals surface area contributed by atoms with E-state index in [1.54, 1.807) is 12.3 Å². The highest BCUT2D eigenvalue weighted by Crippen LogP contribution is 2.31. The molecule has 0 atom stereocenters. The molecule has 1 saturated carbocycles. The SMILES string of the molecule is O=C(COC(=O)c1cnccn1)Nc1ccnn1C1CCCC1. The Balaban J connectivity index is 1.54. The van der Waals surface area contributed by atoms with Crippen molar-refractivity contribution in [1.29, 1.82) is 0 Å². The molecule has 0 aromatic carbocycles. The second-order valence-corrected chi connectivity index (χ2v) is 5.31. The van der Waals surface area contributed by atoms with E-state index in [9.17, 15) is 9.59 Å². The van der Waals surface area contributed by atoms with Gasteiger partial charge in [0.1, 0.15) is 5.82 Å². The summed E-state index contributed by atoms with van der Waals surface area (Å²) in [7, 11) is 0. The Labute approximate surface area is 132 Å². The van der Waals surface area contributed by atoms with Crippen LogP contribution in [0.1, 0.15) is 42.2 Å². The molecule has 2 aromatic heterocycles. The molecule has 1 N–H and O–H groups in total. The standard InChI is InChI=1S/C15H17N5O3/c21-14(10-23-15(22)12-9-16-7-8-17-12)19-13-5-6-18-20(13)11-3-1-2-4-11/h5-9,11H,1-4,10H2,(H,19,21). The average molecular weight is 315 g/mol. The summed E-state index contributed by atoms with van der Waals surface area (Å²) in [6.45, 7) is -0.384. The molecule has 1 amide bonds. The number of anilines is 1. The molecule has 8 heteroatoms. The van der Waals surface area contributed by atoms with Crippen molar-refractivity contribution in [3.8, 4) is 0 Å². The van der Waals surface area contributed by atoms with Crippen molar-refractivity contribution < 1.29 is 14.3 Å². The molecule has 1 fully saturated rings. The smallest absolute Gasteiger partial charge is 0.359 e. The van der Waals surface area contributed by atoms with E-state index in [1.165, 1.54) is 31.4 Å². The lowest BCUT2D eigenvalue weighted by Crippen LogP contribution is -2.23. The van der Waals surface area contributed by atoms with Gasteiger partial charge < -0.3 is 10.1 Å². The second-order valence-electron chi connectivity index (χ2n) is 5.31. The van der Waals surface area contributed by atoms with Crippen molar-refractivity contribution in [1.82, 2.24) is 19.7 Å². The molecule has 120 valence electrons. The molecule has 0 saturated heterocycles.